The van der Waals surface area contributed by atoms with E-state index in [0.29, 0.717) is 12.0 Å². The smallest absolute Gasteiger partial charge is 0.0643 e. The third-order valence-electron chi connectivity index (χ3n) is 4.28. The summed E-state index contributed by atoms with van der Waals surface area (Å²) >= 11 is 0. The molecule has 0 aliphatic carbocycles. The first-order valence-corrected chi connectivity index (χ1v) is 7.27. The molecule has 2 N–H and O–H groups in total. The van der Waals surface area contributed by atoms with E-state index in [4.69, 9.17) is 10.8 Å². The van der Waals surface area contributed by atoms with Gasteiger partial charge < -0.3 is 5.73 Å². The Hall–Kier alpha value is -0.830. The first-order chi connectivity index (χ1) is 8.44. The van der Waals surface area contributed by atoms with Crippen molar-refractivity contribution in [2.75, 3.05) is 0 Å². The van der Waals surface area contributed by atoms with Crippen LogP contribution in [0.2, 0.25) is 0 Å². The molecule has 3 heteroatoms. The first kappa shape index (κ1) is 15.2. The van der Waals surface area contributed by atoms with E-state index < -0.39 is 0 Å². The van der Waals surface area contributed by atoms with Crippen molar-refractivity contribution in [1.29, 1.82) is 0 Å². The van der Waals surface area contributed by atoms with Crippen molar-refractivity contribution >= 4 is 0 Å². The second-order valence-electron chi connectivity index (χ2n) is 5.75. The molecule has 18 heavy (non-hydrogen) atoms. The van der Waals surface area contributed by atoms with E-state index in [-0.39, 0.29) is 5.54 Å². The minimum atomic E-state index is -0.165. The molecule has 104 valence electrons. The molecule has 0 aliphatic rings. The molecule has 0 aromatic carbocycles. The summed E-state index contributed by atoms with van der Waals surface area (Å²) in [4.78, 5) is 0. The summed E-state index contributed by atoms with van der Waals surface area (Å²) in [5, 5.41) is 4.69. The highest BCUT2D eigenvalue weighted by molar-refractivity contribution is 5.06. The Morgan fingerprint density at radius 2 is 1.89 bits per heavy atom. The molecule has 0 saturated carbocycles. The Bertz CT molecular complexity index is 350. The van der Waals surface area contributed by atoms with Crippen LogP contribution in [0.15, 0.2) is 12.3 Å². The van der Waals surface area contributed by atoms with E-state index in [2.05, 4.69) is 51.6 Å². The summed E-state index contributed by atoms with van der Waals surface area (Å²) in [6.07, 6.45) is 6.32. The summed E-state index contributed by atoms with van der Waals surface area (Å²) in [7, 11) is 0. The van der Waals surface area contributed by atoms with Crippen molar-refractivity contribution in [2.24, 2.45) is 11.7 Å². The van der Waals surface area contributed by atoms with Gasteiger partial charge in [0.1, 0.15) is 0 Å². The summed E-state index contributed by atoms with van der Waals surface area (Å²) in [5.74, 6) is 0.510. The van der Waals surface area contributed by atoms with E-state index in [1.165, 1.54) is 0 Å². The van der Waals surface area contributed by atoms with Crippen LogP contribution in [0, 0.1) is 5.92 Å². The van der Waals surface area contributed by atoms with E-state index in [9.17, 15) is 0 Å². The van der Waals surface area contributed by atoms with Crippen molar-refractivity contribution in [1.82, 2.24) is 9.78 Å². The lowest BCUT2D eigenvalue weighted by molar-refractivity contribution is 0.302. The van der Waals surface area contributed by atoms with Crippen LogP contribution in [0.3, 0.4) is 0 Å². The third-order valence-corrected chi connectivity index (χ3v) is 4.28. The van der Waals surface area contributed by atoms with Crippen LogP contribution in [0.5, 0.6) is 0 Å². The van der Waals surface area contributed by atoms with Crippen LogP contribution in [-0.2, 0) is 6.42 Å². The third kappa shape index (κ3) is 3.58. The molecule has 0 amide bonds. The van der Waals surface area contributed by atoms with Gasteiger partial charge in [-0.2, -0.15) is 5.10 Å². The Morgan fingerprint density at radius 1 is 1.28 bits per heavy atom. The molecule has 2 atom stereocenters. The van der Waals surface area contributed by atoms with Crippen LogP contribution in [0.4, 0.5) is 0 Å². The maximum atomic E-state index is 6.40. The van der Waals surface area contributed by atoms with Gasteiger partial charge in [0, 0.05) is 18.2 Å². The Kier molecular flexibility index (Phi) is 5.39. The largest absolute Gasteiger partial charge is 0.325 e. The van der Waals surface area contributed by atoms with Crippen LogP contribution >= 0.6 is 0 Å². The molecule has 0 bridgehead atoms. The van der Waals surface area contributed by atoms with Gasteiger partial charge in [0.2, 0.25) is 0 Å². The fraction of sp³-hybridized carbons (Fsp3) is 0.800. The van der Waals surface area contributed by atoms with Gasteiger partial charge in [-0.3, -0.25) is 4.68 Å². The Labute approximate surface area is 112 Å². The number of hydrogen-bond donors (Lipinski definition) is 1. The summed E-state index contributed by atoms with van der Waals surface area (Å²) < 4.78 is 2.10. The second-order valence-corrected chi connectivity index (χ2v) is 5.75. The summed E-state index contributed by atoms with van der Waals surface area (Å²) in [6, 6.07) is 2.64. The zero-order valence-corrected chi connectivity index (χ0v) is 12.6. The molecular weight excluding hydrogens is 222 g/mol. The second kappa shape index (κ2) is 6.37. The van der Waals surface area contributed by atoms with Crippen molar-refractivity contribution in [3.05, 3.63) is 18.0 Å². The van der Waals surface area contributed by atoms with Crippen molar-refractivity contribution in [3.8, 4) is 0 Å². The number of nitrogens with zero attached hydrogens (tertiary/aromatic N) is 2. The molecule has 0 aliphatic heterocycles. The van der Waals surface area contributed by atoms with Crippen molar-refractivity contribution < 1.29 is 0 Å². The predicted molar refractivity (Wildman–Crippen MR) is 77.6 cm³/mol. The van der Waals surface area contributed by atoms with E-state index in [0.717, 1.165) is 31.4 Å². The summed E-state index contributed by atoms with van der Waals surface area (Å²) in [6.45, 7) is 11.0. The van der Waals surface area contributed by atoms with Gasteiger partial charge >= 0.3 is 0 Å². The molecule has 1 aromatic heterocycles. The maximum Gasteiger partial charge on any atom is 0.0643 e. The van der Waals surface area contributed by atoms with Gasteiger partial charge in [-0.05, 0) is 31.7 Å². The van der Waals surface area contributed by atoms with Gasteiger partial charge in [0.05, 0.1) is 11.7 Å². The molecule has 1 aromatic rings. The van der Waals surface area contributed by atoms with E-state index >= 15 is 0 Å². The van der Waals surface area contributed by atoms with Crippen LogP contribution < -0.4 is 5.73 Å². The first-order valence-electron chi connectivity index (χ1n) is 7.27. The highest BCUT2D eigenvalue weighted by Gasteiger charge is 2.26. The zero-order valence-electron chi connectivity index (χ0n) is 12.6. The average Bonchev–Trinajstić information content (AvgIpc) is 2.77. The van der Waals surface area contributed by atoms with E-state index in [1.54, 1.807) is 0 Å². The molecule has 1 heterocycles. The highest BCUT2D eigenvalue weighted by Crippen LogP contribution is 2.22. The molecule has 0 spiro atoms. The summed E-state index contributed by atoms with van der Waals surface area (Å²) in [5.41, 5.74) is 7.36. The van der Waals surface area contributed by atoms with Crippen LogP contribution in [-0.4, -0.2) is 15.3 Å². The topological polar surface area (TPSA) is 43.8 Å². The molecule has 0 radical (unpaired) electrons. The predicted octanol–water partition coefficient (Wildman–Crippen LogP) is 3.55. The zero-order chi connectivity index (χ0) is 13.8. The minimum Gasteiger partial charge on any atom is -0.325 e. The van der Waals surface area contributed by atoms with Crippen molar-refractivity contribution in [3.63, 3.8) is 0 Å². The highest BCUT2D eigenvalue weighted by atomic mass is 15.3. The van der Waals surface area contributed by atoms with Gasteiger partial charge in [0.25, 0.3) is 0 Å². The normalized spacial score (nSPS) is 16.8. The number of aromatic nitrogens is 2. The van der Waals surface area contributed by atoms with Crippen LogP contribution in [0.25, 0.3) is 0 Å². The molecule has 3 nitrogen and oxygen atoms in total. The Balaban J connectivity index is 2.75. The number of rotatable bonds is 7. The quantitative estimate of drug-likeness (QED) is 0.805. The van der Waals surface area contributed by atoms with Gasteiger partial charge in [-0.1, -0.05) is 34.1 Å². The minimum absolute atomic E-state index is 0.165. The lowest BCUT2D eigenvalue weighted by Gasteiger charge is -2.30. The van der Waals surface area contributed by atoms with Crippen molar-refractivity contribution in [2.45, 2.75) is 71.9 Å². The van der Waals surface area contributed by atoms with E-state index in [1.807, 2.05) is 0 Å². The molecule has 2 unspecified atom stereocenters. The standard InChI is InChI=1S/C15H29N3/c1-6-12(4)15(5,16)11-13-9-10-18(17-13)14(7-2)8-3/h9-10,12,14H,6-8,11,16H2,1-5H3. The van der Waals surface area contributed by atoms with Crippen LogP contribution in [0.1, 0.15) is 65.6 Å². The molecule has 0 fully saturated rings. The number of hydrogen-bond acceptors (Lipinski definition) is 2. The Morgan fingerprint density at radius 3 is 2.39 bits per heavy atom. The molecular formula is C15H29N3. The van der Waals surface area contributed by atoms with Gasteiger partial charge in [-0.15, -0.1) is 0 Å². The monoisotopic (exact) mass is 251 g/mol. The fourth-order valence-electron chi connectivity index (χ4n) is 2.37. The average molecular weight is 251 g/mol. The lowest BCUT2D eigenvalue weighted by Crippen LogP contribution is -2.45. The molecule has 0 saturated heterocycles. The van der Waals surface area contributed by atoms with Gasteiger partial charge in [0.15, 0.2) is 0 Å². The maximum absolute atomic E-state index is 6.40. The van der Waals surface area contributed by atoms with Gasteiger partial charge in [-0.25, -0.2) is 0 Å². The lowest BCUT2D eigenvalue weighted by atomic mass is 9.82. The SMILES string of the molecule is CCC(CC)n1ccc(CC(C)(N)C(C)CC)n1. The fourth-order valence-corrected chi connectivity index (χ4v) is 2.37. The molecule has 1 rings (SSSR count). The number of nitrogens with two attached hydrogens (primary N) is 1.